The van der Waals surface area contributed by atoms with E-state index in [-0.39, 0.29) is 11.3 Å². The van der Waals surface area contributed by atoms with Crippen molar-refractivity contribution in [1.29, 1.82) is 0 Å². The first-order valence-electron chi connectivity index (χ1n) is 7.21. The zero-order chi connectivity index (χ0) is 16.6. The quantitative estimate of drug-likeness (QED) is 0.542. The van der Waals surface area contributed by atoms with Crippen LogP contribution in [0.4, 0.5) is 0 Å². The van der Waals surface area contributed by atoms with Gasteiger partial charge in [0.1, 0.15) is 5.65 Å². The molecule has 23 heavy (non-hydrogen) atoms. The van der Waals surface area contributed by atoms with Crippen molar-refractivity contribution in [1.82, 2.24) is 14.5 Å². The van der Waals surface area contributed by atoms with Crippen LogP contribution < -0.4 is 0 Å². The van der Waals surface area contributed by atoms with Crippen molar-refractivity contribution in [3.63, 3.8) is 0 Å². The average Bonchev–Trinajstić information content (AvgIpc) is 2.85. The average molecular weight is 330 g/mol. The monoisotopic (exact) mass is 329 g/mol. The third-order valence-electron chi connectivity index (χ3n) is 4.02. The predicted octanol–water partition coefficient (Wildman–Crippen LogP) is 3.79. The van der Waals surface area contributed by atoms with Crippen LogP contribution in [-0.4, -0.2) is 27.6 Å². The maximum absolute atomic E-state index is 12.2. The van der Waals surface area contributed by atoms with E-state index in [4.69, 9.17) is 16.3 Å². The highest BCUT2D eigenvalue weighted by molar-refractivity contribution is 6.28. The zero-order valence-corrected chi connectivity index (χ0v) is 13.8. The number of rotatable bonds is 3. The Bertz CT molecular complexity index is 874. The molecule has 118 valence electrons. The first-order valence-corrected chi connectivity index (χ1v) is 7.58. The van der Waals surface area contributed by atoms with Gasteiger partial charge < -0.3 is 9.30 Å². The summed E-state index contributed by atoms with van der Waals surface area (Å²) in [7, 11) is 1.36. The van der Waals surface area contributed by atoms with Crippen molar-refractivity contribution in [2.24, 2.45) is 0 Å². The molecule has 6 heteroatoms. The lowest BCUT2D eigenvalue weighted by molar-refractivity contribution is 0.0602. The third kappa shape index (κ3) is 2.57. The molecule has 0 radical (unpaired) electrons. The topological polar surface area (TPSA) is 57.0 Å². The Morgan fingerprint density at radius 3 is 2.65 bits per heavy atom. The Hall–Kier alpha value is -2.40. The predicted molar refractivity (Wildman–Crippen MR) is 88.9 cm³/mol. The number of halogens is 1. The summed E-state index contributed by atoms with van der Waals surface area (Å²) in [5.41, 5.74) is 2.99. The van der Waals surface area contributed by atoms with Crippen LogP contribution in [0.1, 0.15) is 34.6 Å². The Balaban J connectivity index is 2.30. The Morgan fingerprint density at radius 2 is 2.00 bits per heavy atom. The van der Waals surface area contributed by atoms with Crippen molar-refractivity contribution in [3.05, 3.63) is 58.6 Å². The number of methoxy groups -OCH3 is 1. The number of benzene rings is 1. The first kappa shape index (κ1) is 15.5. The molecule has 0 bridgehead atoms. The fourth-order valence-corrected chi connectivity index (χ4v) is 3.03. The molecule has 2 heterocycles. The Labute approximate surface area is 138 Å². The van der Waals surface area contributed by atoms with Gasteiger partial charge >= 0.3 is 5.97 Å². The van der Waals surface area contributed by atoms with E-state index in [2.05, 4.69) is 16.9 Å². The van der Waals surface area contributed by atoms with Gasteiger partial charge in [-0.25, -0.2) is 9.78 Å². The lowest BCUT2D eigenvalue weighted by atomic mass is 10.1. The molecule has 0 amide bonds. The number of ether oxygens (including phenoxy) is 1. The zero-order valence-electron chi connectivity index (χ0n) is 13.1. The lowest BCUT2D eigenvalue weighted by Crippen LogP contribution is -2.11. The summed E-state index contributed by atoms with van der Waals surface area (Å²) >= 11 is 5.96. The third-order valence-corrected chi connectivity index (χ3v) is 4.20. The molecular weight excluding hydrogens is 314 g/mol. The number of nitrogens with zero attached hydrogens (tertiary/aromatic N) is 3. The minimum absolute atomic E-state index is 0.0110. The standard InChI is InChI=1S/C17H16ClN3O2/c1-10(12-7-5-4-6-8-12)21-11(2)14(16(22)23-3)13-9-19-17(18)20-15(13)21/h4-10H,1-3H3/t10-/m1/s1. The Morgan fingerprint density at radius 1 is 1.30 bits per heavy atom. The lowest BCUT2D eigenvalue weighted by Gasteiger charge is -2.17. The largest absolute Gasteiger partial charge is 0.465 e. The van der Waals surface area contributed by atoms with Crippen molar-refractivity contribution in [3.8, 4) is 0 Å². The molecule has 0 aliphatic rings. The maximum Gasteiger partial charge on any atom is 0.340 e. The van der Waals surface area contributed by atoms with Gasteiger partial charge in [0.2, 0.25) is 5.28 Å². The van der Waals surface area contributed by atoms with Gasteiger partial charge in [-0.05, 0) is 31.0 Å². The molecule has 0 unspecified atom stereocenters. The second-order valence-electron chi connectivity index (χ2n) is 5.28. The summed E-state index contributed by atoms with van der Waals surface area (Å²) < 4.78 is 6.90. The number of aromatic nitrogens is 3. The van der Waals surface area contributed by atoms with Crippen LogP contribution in [0.25, 0.3) is 11.0 Å². The van der Waals surface area contributed by atoms with Crippen molar-refractivity contribution >= 4 is 28.6 Å². The van der Waals surface area contributed by atoms with Crippen LogP contribution in [0.3, 0.4) is 0 Å². The molecule has 3 rings (SSSR count). The van der Waals surface area contributed by atoms with Gasteiger partial charge in [0.15, 0.2) is 0 Å². The van der Waals surface area contributed by atoms with E-state index < -0.39 is 5.97 Å². The van der Waals surface area contributed by atoms with Gasteiger partial charge in [0.25, 0.3) is 0 Å². The summed E-state index contributed by atoms with van der Waals surface area (Å²) in [5, 5.41) is 0.787. The molecule has 0 saturated carbocycles. The minimum Gasteiger partial charge on any atom is -0.465 e. The normalized spacial score (nSPS) is 12.3. The second kappa shape index (κ2) is 6.01. The van der Waals surface area contributed by atoms with Gasteiger partial charge in [-0.2, -0.15) is 4.98 Å². The summed E-state index contributed by atoms with van der Waals surface area (Å²) in [5.74, 6) is -0.405. The molecule has 1 aromatic carbocycles. The number of carbonyl (C=O) groups is 1. The van der Waals surface area contributed by atoms with Crippen LogP contribution in [0.5, 0.6) is 0 Å². The molecule has 0 aliphatic carbocycles. The van der Waals surface area contributed by atoms with Crippen LogP contribution in [-0.2, 0) is 4.74 Å². The summed E-state index contributed by atoms with van der Waals surface area (Å²) in [6.45, 7) is 3.93. The molecular formula is C17H16ClN3O2. The SMILES string of the molecule is COC(=O)c1c(C)n([C@H](C)c2ccccc2)c2nc(Cl)ncc12. The van der Waals surface area contributed by atoms with Crippen LogP contribution in [0.2, 0.25) is 5.28 Å². The molecule has 0 spiro atoms. The summed E-state index contributed by atoms with van der Waals surface area (Å²) in [4.78, 5) is 20.5. The highest BCUT2D eigenvalue weighted by atomic mass is 35.5. The fraction of sp³-hybridized carbons (Fsp3) is 0.235. The number of carbonyl (C=O) groups excluding carboxylic acids is 1. The molecule has 1 atom stereocenters. The molecule has 3 aromatic rings. The molecule has 0 fully saturated rings. The van der Waals surface area contributed by atoms with Gasteiger partial charge in [-0.15, -0.1) is 0 Å². The van der Waals surface area contributed by atoms with Crippen LogP contribution >= 0.6 is 11.6 Å². The van der Waals surface area contributed by atoms with E-state index in [0.29, 0.717) is 16.6 Å². The van der Waals surface area contributed by atoms with Gasteiger partial charge in [-0.3, -0.25) is 0 Å². The van der Waals surface area contributed by atoms with E-state index in [9.17, 15) is 4.79 Å². The number of esters is 1. The van der Waals surface area contributed by atoms with Crippen molar-refractivity contribution in [2.75, 3.05) is 7.11 Å². The van der Waals surface area contributed by atoms with Gasteiger partial charge in [-0.1, -0.05) is 30.3 Å². The second-order valence-corrected chi connectivity index (χ2v) is 5.62. The molecule has 2 aromatic heterocycles. The van der Waals surface area contributed by atoms with Crippen molar-refractivity contribution < 1.29 is 9.53 Å². The maximum atomic E-state index is 12.2. The van der Waals surface area contributed by atoms with E-state index in [0.717, 1.165) is 11.3 Å². The van der Waals surface area contributed by atoms with E-state index >= 15 is 0 Å². The molecule has 0 saturated heterocycles. The van der Waals surface area contributed by atoms with Crippen LogP contribution in [0, 0.1) is 6.92 Å². The van der Waals surface area contributed by atoms with E-state index in [1.165, 1.54) is 7.11 Å². The highest BCUT2D eigenvalue weighted by Gasteiger charge is 2.25. The Kier molecular flexibility index (Phi) is 4.05. The fourth-order valence-electron chi connectivity index (χ4n) is 2.90. The van der Waals surface area contributed by atoms with Gasteiger partial charge in [0.05, 0.1) is 24.1 Å². The molecule has 0 N–H and O–H groups in total. The minimum atomic E-state index is -0.405. The number of fused-ring (bicyclic) bond motifs is 1. The van der Waals surface area contributed by atoms with Crippen molar-refractivity contribution in [2.45, 2.75) is 19.9 Å². The number of hydrogen-bond donors (Lipinski definition) is 0. The van der Waals surface area contributed by atoms with Gasteiger partial charge in [0, 0.05) is 11.9 Å². The smallest absolute Gasteiger partial charge is 0.340 e. The highest BCUT2D eigenvalue weighted by Crippen LogP contribution is 2.31. The first-order chi connectivity index (χ1) is 11.0. The summed E-state index contributed by atoms with van der Waals surface area (Å²) in [6, 6.07) is 10.00. The summed E-state index contributed by atoms with van der Waals surface area (Å²) in [6.07, 6.45) is 1.57. The molecule has 0 aliphatic heterocycles. The number of hydrogen-bond acceptors (Lipinski definition) is 4. The van der Waals surface area contributed by atoms with E-state index in [1.54, 1.807) is 6.20 Å². The van der Waals surface area contributed by atoms with E-state index in [1.807, 2.05) is 41.8 Å². The van der Waals surface area contributed by atoms with Crippen LogP contribution in [0.15, 0.2) is 36.5 Å². The molecule has 5 nitrogen and oxygen atoms in total.